The van der Waals surface area contributed by atoms with Crippen LogP contribution in [-0.2, 0) is 0 Å². The van der Waals surface area contributed by atoms with E-state index in [2.05, 4.69) is 20.8 Å². The van der Waals surface area contributed by atoms with Gasteiger partial charge in [0.15, 0.2) is 0 Å². The van der Waals surface area contributed by atoms with Crippen LogP contribution in [0.3, 0.4) is 0 Å². The predicted molar refractivity (Wildman–Crippen MR) is 120 cm³/mol. The molecule has 2 N–H and O–H groups in total. The molecule has 0 unspecified atom stereocenters. The molecule has 0 aliphatic carbocycles. The van der Waals surface area contributed by atoms with E-state index in [0.717, 1.165) is 18.4 Å². The summed E-state index contributed by atoms with van der Waals surface area (Å²) in [6.07, 6.45) is 3.16. The molecule has 1 saturated heterocycles. The molecule has 8 heteroatoms. The molecule has 2 aromatic carbocycles. The second kappa shape index (κ2) is 9.55. The zero-order valence-corrected chi connectivity index (χ0v) is 17.7. The van der Waals surface area contributed by atoms with E-state index >= 15 is 0 Å². The van der Waals surface area contributed by atoms with Gasteiger partial charge in [0.25, 0.3) is 11.8 Å². The first-order valence-corrected chi connectivity index (χ1v) is 10.5. The monoisotopic (exact) mass is 433 g/mol. The first-order valence-electron chi connectivity index (χ1n) is 10.5. The number of nitrogens with zero attached hydrogens (tertiary/aromatic N) is 3. The van der Waals surface area contributed by atoms with Crippen LogP contribution in [0.4, 0.5) is 15.9 Å². The predicted octanol–water partition coefficient (Wildman–Crippen LogP) is 3.89. The summed E-state index contributed by atoms with van der Waals surface area (Å²) in [4.78, 5) is 27.7. The number of nitrogens with one attached hydrogen (secondary N) is 2. The van der Waals surface area contributed by atoms with Gasteiger partial charge in [-0.15, -0.1) is 5.10 Å². The maximum atomic E-state index is 14.0. The van der Waals surface area contributed by atoms with Crippen molar-refractivity contribution in [1.82, 2.24) is 15.1 Å². The van der Waals surface area contributed by atoms with E-state index in [-0.39, 0.29) is 17.5 Å². The van der Waals surface area contributed by atoms with Gasteiger partial charge in [0.05, 0.1) is 16.8 Å². The van der Waals surface area contributed by atoms with Crippen LogP contribution >= 0.6 is 0 Å². The number of benzene rings is 2. The Kier molecular flexibility index (Phi) is 6.39. The number of halogens is 1. The van der Waals surface area contributed by atoms with Crippen molar-refractivity contribution in [2.24, 2.45) is 0 Å². The third kappa shape index (κ3) is 4.74. The zero-order chi connectivity index (χ0) is 22.5. The molecule has 0 radical (unpaired) electrons. The van der Waals surface area contributed by atoms with Gasteiger partial charge in [-0.25, -0.2) is 4.39 Å². The number of anilines is 2. The van der Waals surface area contributed by atoms with E-state index in [4.69, 9.17) is 0 Å². The van der Waals surface area contributed by atoms with E-state index in [0.29, 0.717) is 30.2 Å². The number of rotatable bonds is 5. The molecule has 1 fully saturated rings. The summed E-state index contributed by atoms with van der Waals surface area (Å²) in [5.74, 6) is -0.632. The second-order valence-electron chi connectivity index (χ2n) is 7.75. The van der Waals surface area contributed by atoms with E-state index in [9.17, 15) is 14.0 Å². The number of aryl methyl sites for hydroxylation is 1. The number of para-hydroxylation sites is 1. The van der Waals surface area contributed by atoms with Gasteiger partial charge in [-0.3, -0.25) is 9.59 Å². The van der Waals surface area contributed by atoms with Gasteiger partial charge in [-0.1, -0.05) is 24.3 Å². The van der Waals surface area contributed by atoms with Gasteiger partial charge in [0.1, 0.15) is 11.6 Å². The van der Waals surface area contributed by atoms with Crippen LogP contribution in [0.15, 0.2) is 60.8 Å². The zero-order valence-electron chi connectivity index (χ0n) is 17.7. The smallest absolute Gasteiger partial charge is 0.258 e. The highest BCUT2D eigenvalue weighted by Gasteiger charge is 2.26. The third-order valence-corrected chi connectivity index (χ3v) is 5.57. The number of likely N-dealkylation sites (tertiary alicyclic amines) is 1. The Morgan fingerprint density at radius 2 is 1.75 bits per heavy atom. The van der Waals surface area contributed by atoms with Gasteiger partial charge >= 0.3 is 0 Å². The summed E-state index contributed by atoms with van der Waals surface area (Å²) < 4.78 is 14.0. The summed E-state index contributed by atoms with van der Waals surface area (Å²) in [5, 5.41) is 14.0. The molecule has 0 atom stereocenters. The Morgan fingerprint density at radius 1 is 1.00 bits per heavy atom. The first kappa shape index (κ1) is 21.4. The number of hydrogen-bond acceptors (Lipinski definition) is 5. The van der Waals surface area contributed by atoms with Crippen LogP contribution in [0.5, 0.6) is 0 Å². The maximum Gasteiger partial charge on any atom is 0.258 e. The van der Waals surface area contributed by atoms with Crippen LogP contribution in [0, 0.1) is 12.7 Å². The average Bonchev–Trinajstić information content (AvgIpc) is 2.81. The fourth-order valence-corrected chi connectivity index (χ4v) is 3.82. The van der Waals surface area contributed by atoms with E-state index in [1.807, 2.05) is 25.1 Å². The van der Waals surface area contributed by atoms with Crippen molar-refractivity contribution in [3.05, 3.63) is 83.3 Å². The number of aromatic nitrogens is 2. The second-order valence-corrected chi connectivity index (χ2v) is 7.75. The highest BCUT2D eigenvalue weighted by molar-refractivity contribution is 6.09. The highest BCUT2D eigenvalue weighted by Crippen LogP contribution is 2.25. The minimum atomic E-state index is -0.607. The van der Waals surface area contributed by atoms with Crippen molar-refractivity contribution in [1.29, 1.82) is 0 Å². The molecule has 7 nitrogen and oxygen atoms in total. The molecule has 2 amide bonds. The molecule has 0 bridgehead atoms. The largest absolute Gasteiger partial charge is 0.366 e. The molecule has 1 aliphatic heterocycles. The molecule has 32 heavy (non-hydrogen) atoms. The summed E-state index contributed by atoms with van der Waals surface area (Å²) in [5.41, 5.74) is 1.48. The number of amides is 2. The van der Waals surface area contributed by atoms with Gasteiger partial charge in [-0.2, -0.15) is 5.10 Å². The topological polar surface area (TPSA) is 87.2 Å². The third-order valence-electron chi connectivity index (χ3n) is 5.57. The van der Waals surface area contributed by atoms with Crippen LogP contribution in [0.2, 0.25) is 0 Å². The Balaban J connectivity index is 1.46. The molecule has 3 aromatic rings. The first-order chi connectivity index (χ1) is 15.5. The lowest BCUT2D eigenvalue weighted by Gasteiger charge is -2.33. The van der Waals surface area contributed by atoms with Crippen LogP contribution in [-0.4, -0.2) is 46.0 Å². The maximum absolute atomic E-state index is 14.0. The highest BCUT2D eigenvalue weighted by atomic mass is 19.1. The molecule has 4 rings (SSSR count). The molecular formula is C24H24FN5O2. The van der Waals surface area contributed by atoms with E-state index in [1.54, 1.807) is 29.3 Å². The molecular weight excluding hydrogens is 409 g/mol. The van der Waals surface area contributed by atoms with Crippen molar-refractivity contribution in [2.45, 2.75) is 25.8 Å². The van der Waals surface area contributed by atoms with Gasteiger partial charge in [-0.05, 0) is 55.7 Å². The Bertz CT molecular complexity index is 1110. The lowest BCUT2D eigenvalue weighted by atomic mass is 10.0. The minimum absolute atomic E-state index is 0.0648. The normalized spacial score (nSPS) is 14.1. The average molecular weight is 433 g/mol. The lowest BCUT2D eigenvalue weighted by Crippen LogP contribution is -2.42. The van der Waals surface area contributed by atoms with E-state index < -0.39 is 11.7 Å². The van der Waals surface area contributed by atoms with Crippen LogP contribution in [0.25, 0.3) is 0 Å². The van der Waals surface area contributed by atoms with Gasteiger partial charge in [0.2, 0.25) is 0 Å². The van der Waals surface area contributed by atoms with Crippen molar-refractivity contribution >= 4 is 23.3 Å². The quantitative estimate of drug-likeness (QED) is 0.637. The summed E-state index contributed by atoms with van der Waals surface area (Å²) in [7, 11) is 0. The Labute approximate surface area is 185 Å². The number of carbonyl (C=O) groups excluding carboxylic acids is 2. The van der Waals surface area contributed by atoms with Crippen LogP contribution < -0.4 is 10.6 Å². The molecule has 1 aliphatic rings. The van der Waals surface area contributed by atoms with Gasteiger partial charge < -0.3 is 15.5 Å². The molecule has 164 valence electrons. The molecule has 2 heterocycles. The standard InChI is InChI=1S/C24H24FN5O2/c1-16-6-4-8-19(22(16)28-23(31)18-7-2-3-9-20(18)25)24(32)30-14-11-17(12-15-30)27-21-10-5-13-26-29-21/h2-10,13,17H,11-12,14-15H2,1H3,(H,27,29)(H,28,31). The van der Waals surface area contributed by atoms with E-state index in [1.165, 1.54) is 18.2 Å². The van der Waals surface area contributed by atoms with Crippen molar-refractivity contribution in [2.75, 3.05) is 23.7 Å². The van der Waals surface area contributed by atoms with Gasteiger partial charge in [0, 0.05) is 25.3 Å². The fourth-order valence-electron chi connectivity index (χ4n) is 3.82. The number of piperidine rings is 1. The summed E-state index contributed by atoms with van der Waals surface area (Å²) in [6.45, 7) is 2.96. The van der Waals surface area contributed by atoms with Crippen molar-refractivity contribution in [3.63, 3.8) is 0 Å². The molecule has 1 aromatic heterocycles. The lowest BCUT2D eigenvalue weighted by molar-refractivity contribution is 0.0719. The molecule has 0 saturated carbocycles. The summed E-state index contributed by atoms with van der Waals surface area (Å²) in [6, 6.07) is 14.9. The Morgan fingerprint density at radius 3 is 2.47 bits per heavy atom. The fraction of sp³-hybridized carbons (Fsp3) is 0.250. The van der Waals surface area contributed by atoms with Crippen molar-refractivity contribution < 1.29 is 14.0 Å². The van der Waals surface area contributed by atoms with Crippen LogP contribution in [0.1, 0.15) is 39.1 Å². The van der Waals surface area contributed by atoms with Crippen molar-refractivity contribution in [3.8, 4) is 0 Å². The Hall–Kier alpha value is -3.81. The SMILES string of the molecule is Cc1cccc(C(=O)N2CCC(Nc3cccnn3)CC2)c1NC(=O)c1ccccc1F. The minimum Gasteiger partial charge on any atom is -0.366 e. The summed E-state index contributed by atoms with van der Waals surface area (Å²) >= 11 is 0. The molecule has 0 spiro atoms. The number of hydrogen-bond donors (Lipinski definition) is 2. The number of carbonyl (C=O) groups is 2.